The number of nitrogens with one attached hydrogen (secondary N) is 1. The summed E-state index contributed by atoms with van der Waals surface area (Å²) in [6.45, 7) is 2.73. The van der Waals surface area contributed by atoms with Crippen molar-refractivity contribution in [3.8, 4) is 11.5 Å². The second-order valence-corrected chi connectivity index (χ2v) is 7.25. The predicted octanol–water partition coefficient (Wildman–Crippen LogP) is 1.86. The molecule has 2 aromatic heterocycles. The minimum atomic E-state index is -0.134. The first kappa shape index (κ1) is 17.7. The lowest BCUT2D eigenvalue weighted by Gasteiger charge is -2.27. The summed E-state index contributed by atoms with van der Waals surface area (Å²) in [5.41, 5.74) is 1.63. The van der Waals surface area contributed by atoms with Crippen molar-refractivity contribution in [2.75, 3.05) is 24.8 Å². The average molecular weight is 394 g/mol. The number of carbonyl (C=O) groups excluding carboxylic acids is 1. The Bertz CT molecular complexity index is 1040. The predicted molar refractivity (Wildman–Crippen MR) is 106 cm³/mol. The number of anilines is 1. The van der Waals surface area contributed by atoms with Gasteiger partial charge in [0, 0.05) is 19.6 Å². The molecule has 2 aliphatic rings. The zero-order chi connectivity index (χ0) is 19.6. The highest BCUT2D eigenvalue weighted by Crippen LogP contribution is 2.32. The molecule has 9 heteroatoms. The SMILES string of the molecule is O=C(Cn1ncc2c(N3CCCCC3)ncnc21)NCc1ccc2c(c1)OCO2. The van der Waals surface area contributed by atoms with Gasteiger partial charge in [0.1, 0.15) is 18.7 Å². The van der Waals surface area contributed by atoms with E-state index in [1.165, 1.54) is 19.3 Å². The van der Waals surface area contributed by atoms with Crippen LogP contribution in [0.15, 0.2) is 30.7 Å². The third-order valence-corrected chi connectivity index (χ3v) is 5.29. The number of fused-ring (bicyclic) bond motifs is 2. The molecule has 1 fully saturated rings. The molecule has 1 saturated heterocycles. The van der Waals surface area contributed by atoms with Crippen LogP contribution in [0.2, 0.25) is 0 Å². The number of amides is 1. The first-order valence-corrected chi connectivity index (χ1v) is 9.84. The maximum absolute atomic E-state index is 12.5. The maximum Gasteiger partial charge on any atom is 0.242 e. The van der Waals surface area contributed by atoms with Crippen LogP contribution >= 0.6 is 0 Å². The second-order valence-electron chi connectivity index (χ2n) is 7.25. The van der Waals surface area contributed by atoms with Gasteiger partial charge in [-0.25, -0.2) is 14.6 Å². The number of nitrogens with zero attached hydrogens (tertiary/aromatic N) is 5. The largest absolute Gasteiger partial charge is 0.454 e. The van der Waals surface area contributed by atoms with Crippen LogP contribution < -0.4 is 19.7 Å². The van der Waals surface area contributed by atoms with Crippen LogP contribution in [-0.4, -0.2) is 45.5 Å². The van der Waals surface area contributed by atoms with E-state index in [1.807, 2.05) is 18.2 Å². The van der Waals surface area contributed by atoms with E-state index in [2.05, 4.69) is 25.3 Å². The molecule has 1 aromatic carbocycles. The van der Waals surface area contributed by atoms with Crippen LogP contribution in [-0.2, 0) is 17.9 Å². The van der Waals surface area contributed by atoms with E-state index < -0.39 is 0 Å². The molecule has 2 aliphatic heterocycles. The minimum Gasteiger partial charge on any atom is -0.454 e. The van der Waals surface area contributed by atoms with Gasteiger partial charge in [-0.15, -0.1) is 0 Å². The topological polar surface area (TPSA) is 94.4 Å². The van der Waals surface area contributed by atoms with Gasteiger partial charge in [0.25, 0.3) is 0 Å². The summed E-state index contributed by atoms with van der Waals surface area (Å²) in [5, 5.41) is 8.19. The van der Waals surface area contributed by atoms with Gasteiger partial charge in [0.15, 0.2) is 17.1 Å². The van der Waals surface area contributed by atoms with Gasteiger partial charge in [-0.05, 0) is 37.0 Å². The summed E-state index contributed by atoms with van der Waals surface area (Å²) in [6.07, 6.45) is 6.90. The number of carbonyl (C=O) groups is 1. The molecular weight excluding hydrogens is 372 g/mol. The van der Waals surface area contributed by atoms with Crippen LogP contribution in [0.25, 0.3) is 11.0 Å². The first-order chi connectivity index (χ1) is 14.3. The van der Waals surface area contributed by atoms with Crippen molar-refractivity contribution in [2.24, 2.45) is 0 Å². The maximum atomic E-state index is 12.5. The summed E-state index contributed by atoms with van der Waals surface area (Å²) in [5.74, 6) is 2.21. The van der Waals surface area contributed by atoms with Crippen LogP contribution in [0.1, 0.15) is 24.8 Å². The van der Waals surface area contributed by atoms with Gasteiger partial charge in [-0.1, -0.05) is 6.07 Å². The third-order valence-electron chi connectivity index (χ3n) is 5.29. The molecule has 1 N–H and O–H groups in total. The molecule has 3 aromatic rings. The second kappa shape index (κ2) is 7.57. The molecule has 1 amide bonds. The number of aromatic nitrogens is 4. The summed E-state index contributed by atoms with van der Waals surface area (Å²) in [7, 11) is 0. The Labute approximate surface area is 167 Å². The highest BCUT2D eigenvalue weighted by molar-refractivity contribution is 5.87. The third kappa shape index (κ3) is 3.55. The van der Waals surface area contributed by atoms with Crippen LogP contribution in [0.3, 0.4) is 0 Å². The smallest absolute Gasteiger partial charge is 0.242 e. The minimum absolute atomic E-state index is 0.102. The number of hydrogen-bond donors (Lipinski definition) is 1. The Morgan fingerprint density at radius 1 is 1.10 bits per heavy atom. The van der Waals surface area contributed by atoms with E-state index in [9.17, 15) is 4.79 Å². The molecule has 4 heterocycles. The normalized spacial score (nSPS) is 15.7. The van der Waals surface area contributed by atoms with Crippen molar-refractivity contribution in [3.05, 3.63) is 36.3 Å². The quantitative estimate of drug-likeness (QED) is 0.706. The number of piperidine rings is 1. The van der Waals surface area contributed by atoms with E-state index in [0.29, 0.717) is 17.9 Å². The number of hydrogen-bond acceptors (Lipinski definition) is 7. The standard InChI is InChI=1S/C20H22N6O3/c27-18(21-9-14-4-5-16-17(8-14)29-13-28-16)11-26-20-15(10-24-26)19(22-12-23-20)25-6-2-1-3-7-25/h4-5,8,10,12H,1-3,6-7,9,11,13H2,(H,21,27). The highest BCUT2D eigenvalue weighted by atomic mass is 16.7. The number of benzene rings is 1. The van der Waals surface area contributed by atoms with Crippen molar-refractivity contribution in [1.82, 2.24) is 25.1 Å². The van der Waals surface area contributed by atoms with E-state index in [4.69, 9.17) is 9.47 Å². The van der Waals surface area contributed by atoms with Gasteiger partial charge >= 0.3 is 0 Å². The van der Waals surface area contributed by atoms with Crippen molar-refractivity contribution in [1.29, 1.82) is 0 Å². The van der Waals surface area contributed by atoms with E-state index in [1.54, 1.807) is 17.2 Å². The Morgan fingerprint density at radius 3 is 2.86 bits per heavy atom. The molecule has 0 bridgehead atoms. The lowest BCUT2D eigenvalue weighted by atomic mass is 10.1. The molecule has 29 heavy (non-hydrogen) atoms. The van der Waals surface area contributed by atoms with Crippen molar-refractivity contribution in [3.63, 3.8) is 0 Å². The highest BCUT2D eigenvalue weighted by Gasteiger charge is 2.19. The number of ether oxygens (including phenoxy) is 2. The summed E-state index contributed by atoms with van der Waals surface area (Å²) < 4.78 is 12.3. The average Bonchev–Trinajstić information content (AvgIpc) is 3.39. The fourth-order valence-corrected chi connectivity index (χ4v) is 3.80. The van der Waals surface area contributed by atoms with Gasteiger partial charge in [0.2, 0.25) is 12.7 Å². The zero-order valence-electron chi connectivity index (χ0n) is 16.0. The van der Waals surface area contributed by atoms with Crippen LogP contribution in [0.4, 0.5) is 5.82 Å². The van der Waals surface area contributed by atoms with E-state index in [0.717, 1.165) is 35.6 Å². The lowest BCUT2D eigenvalue weighted by Crippen LogP contribution is -2.30. The fourth-order valence-electron chi connectivity index (χ4n) is 3.80. The molecule has 0 saturated carbocycles. The molecule has 0 spiro atoms. The zero-order valence-corrected chi connectivity index (χ0v) is 16.0. The molecule has 0 atom stereocenters. The van der Waals surface area contributed by atoms with Crippen molar-refractivity contribution in [2.45, 2.75) is 32.4 Å². The molecule has 0 radical (unpaired) electrons. The van der Waals surface area contributed by atoms with E-state index in [-0.39, 0.29) is 19.2 Å². The van der Waals surface area contributed by atoms with Crippen LogP contribution in [0, 0.1) is 0 Å². The van der Waals surface area contributed by atoms with Gasteiger partial charge < -0.3 is 19.7 Å². The van der Waals surface area contributed by atoms with Gasteiger partial charge in [-0.2, -0.15) is 5.10 Å². The Hall–Kier alpha value is -3.36. The molecule has 9 nitrogen and oxygen atoms in total. The molecule has 5 rings (SSSR count). The Kier molecular flexibility index (Phi) is 4.63. The molecule has 150 valence electrons. The van der Waals surface area contributed by atoms with Gasteiger partial charge in [-0.3, -0.25) is 4.79 Å². The van der Waals surface area contributed by atoms with Crippen molar-refractivity contribution >= 4 is 22.8 Å². The van der Waals surface area contributed by atoms with Crippen molar-refractivity contribution < 1.29 is 14.3 Å². The first-order valence-electron chi connectivity index (χ1n) is 9.84. The molecule has 0 aliphatic carbocycles. The van der Waals surface area contributed by atoms with Gasteiger partial charge in [0.05, 0.1) is 11.6 Å². The summed E-state index contributed by atoms with van der Waals surface area (Å²) in [6, 6.07) is 5.64. The van der Waals surface area contributed by atoms with E-state index >= 15 is 0 Å². The summed E-state index contributed by atoms with van der Waals surface area (Å²) >= 11 is 0. The number of rotatable bonds is 5. The fraction of sp³-hybridized carbons (Fsp3) is 0.400. The molecular formula is C20H22N6O3. The molecule has 0 unspecified atom stereocenters. The monoisotopic (exact) mass is 394 g/mol. The van der Waals surface area contributed by atoms with Crippen LogP contribution in [0.5, 0.6) is 11.5 Å². The Balaban J connectivity index is 1.27. The summed E-state index contributed by atoms with van der Waals surface area (Å²) in [4.78, 5) is 23.6. The lowest BCUT2D eigenvalue weighted by molar-refractivity contribution is -0.121. The Morgan fingerprint density at radius 2 is 1.97 bits per heavy atom.